The van der Waals surface area contributed by atoms with E-state index >= 15 is 0 Å². The number of para-hydroxylation sites is 1. The fourth-order valence-electron chi connectivity index (χ4n) is 3.86. The van der Waals surface area contributed by atoms with Crippen LogP contribution in [0.1, 0.15) is 24.1 Å². The van der Waals surface area contributed by atoms with Gasteiger partial charge in [0, 0.05) is 48.3 Å². The molecule has 3 atom stereocenters. The number of nitrogens with one attached hydrogen (secondary N) is 5. The van der Waals surface area contributed by atoms with Gasteiger partial charge in [-0.25, -0.2) is 4.98 Å². The molecule has 0 radical (unpaired) electrons. The van der Waals surface area contributed by atoms with Gasteiger partial charge >= 0.3 is 0 Å². The first kappa shape index (κ1) is 21.3. The molecule has 3 amide bonds. The summed E-state index contributed by atoms with van der Waals surface area (Å²) in [6.45, 7) is 0. The highest BCUT2D eigenvalue weighted by Gasteiger charge is 2.31. The second-order valence-corrected chi connectivity index (χ2v) is 7.82. The fourth-order valence-corrected chi connectivity index (χ4v) is 3.86. The third-order valence-electron chi connectivity index (χ3n) is 5.53. The molecule has 10 nitrogen and oxygen atoms in total. The van der Waals surface area contributed by atoms with Gasteiger partial charge in [0.1, 0.15) is 18.4 Å². The van der Waals surface area contributed by atoms with E-state index in [0.717, 1.165) is 16.5 Å². The highest BCUT2D eigenvalue weighted by molar-refractivity contribution is 5.94. The summed E-state index contributed by atoms with van der Waals surface area (Å²) in [5.74, 6) is -1.12. The number of imidazole rings is 1. The Bertz CT molecular complexity index is 1120. The standard InChI is InChI=1S/C22H24N6O4/c29-11-15(7-13-9-24-17-4-2-1-3-16(13)17)26-22(32)19(8-14-10-23-12-25-14)28-21(31)18-5-6-20(30)27-18/h1-4,9-12,15,18-19,24H,5-8H2,(H,23,25)(H,26,32)(H,27,30)(H,28,31)/t15-,18?,19-/m0/s1. The molecule has 3 aromatic rings. The average Bonchev–Trinajstić information content (AvgIpc) is 3.54. The Morgan fingerprint density at radius 2 is 2.03 bits per heavy atom. The number of carbonyl (C=O) groups is 4. The van der Waals surface area contributed by atoms with Gasteiger partial charge in [0.15, 0.2) is 0 Å². The molecular weight excluding hydrogens is 412 g/mol. The number of hydrogen-bond donors (Lipinski definition) is 5. The van der Waals surface area contributed by atoms with E-state index in [0.29, 0.717) is 24.8 Å². The predicted octanol–water partition coefficient (Wildman–Crippen LogP) is 0.123. The van der Waals surface area contributed by atoms with E-state index in [9.17, 15) is 19.2 Å². The zero-order chi connectivity index (χ0) is 22.5. The number of aromatic amines is 2. The Kier molecular flexibility index (Phi) is 6.29. The van der Waals surface area contributed by atoms with Crippen molar-refractivity contribution in [2.45, 2.75) is 43.8 Å². The SMILES string of the molecule is O=C[C@H](Cc1c[nH]c2ccccc12)NC(=O)[C@H](Cc1cnc[nH]1)NC(=O)C1CCC(=O)N1. The number of H-pyrrole nitrogens is 2. The Labute approximate surface area is 183 Å². The summed E-state index contributed by atoms with van der Waals surface area (Å²) in [7, 11) is 0. The summed E-state index contributed by atoms with van der Waals surface area (Å²) < 4.78 is 0. The van der Waals surface area contributed by atoms with Crippen molar-refractivity contribution in [3.05, 3.63) is 54.2 Å². The lowest BCUT2D eigenvalue weighted by Gasteiger charge is -2.22. The Hall–Kier alpha value is -3.95. The fraction of sp³-hybridized carbons (Fsp3) is 0.318. The first-order chi connectivity index (χ1) is 15.5. The molecule has 0 saturated carbocycles. The Morgan fingerprint density at radius 1 is 1.19 bits per heavy atom. The topological polar surface area (TPSA) is 149 Å². The zero-order valence-electron chi connectivity index (χ0n) is 17.3. The van der Waals surface area contributed by atoms with Crippen LogP contribution in [0, 0.1) is 0 Å². The Morgan fingerprint density at radius 3 is 2.75 bits per heavy atom. The van der Waals surface area contributed by atoms with Gasteiger partial charge in [0.05, 0.1) is 12.4 Å². The van der Waals surface area contributed by atoms with Crippen molar-refractivity contribution >= 4 is 34.9 Å². The maximum atomic E-state index is 13.0. The van der Waals surface area contributed by atoms with Crippen LogP contribution in [0.4, 0.5) is 0 Å². The van der Waals surface area contributed by atoms with Crippen LogP contribution in [0.2, 0.25) is 0 Å². The second kappa shape index (κ2) is 9.46. The number of fused-ring (bicyclic) bond motifs is 1. The molecule has 5 N–H and O–H groups in total. The smallest absolute Gasteiger partial charge is 0.243 e. The number of aldehydes is 1. The van der Waals surface area contributed by atoms with E-state index in [1.54, 1.807) is 6.20 Å². The first-order valence-electron chi connectivity index (χ1n) is 10.4. The molecule has 3 heterocycles. The number of carbonyl (C=O) groups excluding carboxylic acids is 4. The van der Waals surface area contributed by atoms with Crippen LogP contribution in [0.15, 0.2) is 43.0 Å². The van der Waals surface area contributed by atoms with E-state index in [1.807, 2.05) is 30.5 Å². The van der Waals surface area contributed by atoms with Crippen LogP contribution in [0.25, 0.3) is 10.9 Å². The van der Waals surface area contributed by atoms with Crippen molar-refractivity contribution < 1.29 is 19.2 Å². The van der Waals surface area contributed by atoms with Crippen molar-refractivity contribution in [2.75, 3.05) is 0 Å². The molecule has 4 rings (SSSR count). The molecule has 1 aromatic carbocycles. The lowest BCUT2D eigenvalue weighted by molar-refractivity contribution is -0.131. The maximum absolute atomic E-state index is 13.0. The van der Waals surface area contributed by atoms with Crippen LogP contribution in [-0.2, 0) is 32.0 Å². The summed E-state index contributed by atoms with van der Waals surface area (Å²) in [5.41, 5.74) is 2.50. The molecule has 1 saturated heterocycles. The normalized spacial score (nSPS) is 17.5. The molecular formula is C22H24N6O4. The van der Waals surface area contributed by atoms with Crippen molar-refractivity contribution in [3.63, 3.8) is 0 Å². The van der Waals surface area contributed by atoms with Crippen molar-refractivity contribution in [1.82, 2.24) is 30.9 Å². The van der Waals surface area contributed by atoms with E-state index in [4.69, 9.17) is 0 Å². The van der Waals surface area contributed by atoms with E-state index < -0.39 is 29.9 Å². The molecule has 32 heavy (non-hydrogen) atoms. The van der Waals surface area contributed by atoms with Crippen LogP contribution >= 0.6 is 0 Å². The monoisotopic (exact) mass is 436 g/mol. The Balaban J connectivity index is 1.45. The highest BCUT2D eigenvalue weighted by Crippen LogP contribution is 2.19. The van der Waals surface area contributed by atoms with Crippen molar-refractivity contribution in [2.24, 2.45) is 0 Å². The molecule has 0 aliphatic carbocycles. The number of benzene rings is 1. The lowest BCUT2D eigenvalue weighted by atomic mass is 10.0. The minimum absolute atomic E-state index is 0.164. The summed E-state index contributed by atoms with van der Waals surface area (Å²) in [6, 6.07) is 5.32. The van der Waals surface area contributed by atoms with Gasteiger partial charge < -0.3 is 30.7 Å². The minimum Gasteiger partial charge on any atom is -0.361 e. The van der Waals surface area contributed by atoms with Gasteiger partial charge in [0.2, 0.25) is 17.7 Å². The third-order valence-corrected chi connectivity index (χ3v) is 5.53. The molecule has 1 aliphatic heterocycles. The van der Waals surface area contributed by atoms with Crippen molar-refractivity contribution in [1.29, 1.82) is 0 Å². The number of amides is 3. The second-order valence-electron chi connectivity index (χ2n) is 7.82. The van der Waals surface area contributed by atoms with Gasteiger partial charge in [-0.2, -0.15) is 0 Å². The summed E-state index contributed by atoms with van der Waals surface area (Å²) in [4.78, 5) is 58.8. The van der Waals surface area contributed by atoms with Gasteiger partial charge in [-0.1, -0.05) is 18.2 Å². The van der Waals surface area contributed by atoms with Gasteiger partial charge in [-0.05, 0) is 18.1 Å². The van der Waals surface area contributed by atoms with Gasteiger partial charge in [-0.3, -0.25) is 14.4 Å². The highest BCUT2D eigenvalue weighted by atomic mass is 16.2. The molecule has 1 aliphatic rings. The predicted molar refractivity (Wildman–Crippen MR) is 115 cm³/mol. The van der Waals surface area contributed by atoms with E-state index in [1.165, 1.54) is 6.33 Å². The van der Waals surface area contributed by atoms with Crippen LogP contribution in [0.3, 0.4) is 0 Å². The van der Waals surface area contributed by atoms with E-state index in [-0.39, 0.29) is 18.7 Å². The van der Waals surface area contributed by atoms with Crippen LogP contribution < -0.4 is 16.0 Å². The first-order valence-corrected chi connectivity index (χ1v) is 10.4. The van der Waals surface area contributed by atoms with Gasteiger partial charge in [0.25, 0.3) is 0 Å². The summed E-state index contributed by atoms with van der Waals surface area (Å²) in [5, 5.41) is 9.00. The molecule has 1 unspecified atom stereocenters. The van der Waals surface area contributed by atoms with Crippen LogP contribution in [0.5, 0.6) is 0 Å². The quantitative estimate of drug-likeness (QED) is 0.302. The van der Waals surface area contributed by atoms with E-state index in [2.05, 4.69) is 30.9 Å². The number of rotatable bonds is 9. The largest absolute Gasteiger partial charge is 0.361 e. The summed E-state index contributed by atoms with van der Waals surface area (Å²) >= 11 is 0. The molecule has 166 valence electrons. The molecule has 10 heteroatoms. The van der Waals surface area contributed by atoms with Gasteiger partial charge in [-0.15, -0.1) is 0 Å². The summed E-state index contributed by atoms with van der Waals surface area (Å²) in [6.07, 6.45) is 6.67. The lowest BCUT2D eigenvalue weighted by Crippen LogP contribution is -2.54. The van der Waals surface area contributed by atoms with Crippen molar-refractivity contribution in [3.8, 4) is 0 Å². The van der Waals surface area contributed by atoms with Crippen LogP contribution in [-0.4, -0.2) is 57.1 Å². The third kappa shape index (κ3) is 4.85. The number of nitrogens with zero attached hydrogens (tertiary/aromatic N) is 1. The molecule has 0 bridgehead atoms. The molecule has 0 spiro atoms. The maximum Gasteiger partial charge on any atom is 0.243 e. The molecule has 1 fully saturated rings. The number of aromatic nitrogens is 3. The average molecular weight is 436 g/mol. The zero-order valence-corrected chi connectivity index (χ0v) is 17.3. The number of hydrogen-bond acceptors (Lipinski definition) is 5. The minimum atomic E-state index is -0.939. The molecule has 2 aromatic heterocycles.